The van der Waals surface area contributed by atoms with Crippen LogP contribution in [0.2, 0.25) is 0 Å². The van der Waals surface area contributed by atoms with E-state index in [2.05, 4.69) is 15.2 Å². The summed E-state index contributed by atoms with van der Waals surface area (Å²) in [7, 11) is 0. The molecule has 1 amide bonds. The van der Waals surface area contributed by atoms with Gasteiger partial charge in [0.1, 0.15) is 5.82 Å². The summed E-state index contributed by atoms with van der Waals surface area (Å²) < 4.78 is 14.2. The first kappa shape index (κ1) is 21.2. The van der Waals surface area contributed by atoms with Crippen LogP contribution >= 0.6 is 0 Å². The highest BCUT2D eigenvalue weighted by atomic mass is 19.1. The van der Waals surface area contributed by atoms with Gasteiger partial charge in [-0.15, -0.1) is 0 Å². The van der Waals surface area contributed by atoms with Crippen molar-refractivity contribution in [1.82, 2.24) is 15.2 Å². The highest BCUT2D eigenvalue weighted by molar-refractivity contribution is 5.95. The number of pyridine rings is 1. The number of carbonyl (C=O) groups is 1. The van der Waals surface area contributed by atoms with Gasteiger partial charge in [0.2, 0.25) is 0 Å². The number of nitrogens with one attached hydrogen (secondary N) is 1. The quantitative estimate of drug-likeness (QED) is 0.620. The highest BCUT2D eigenvalue weighted by Gasteiger charge is 2.31. The van der Waals surface area contributed by atoms with Gasteiger partial charge in [-0.25, -0.2) is 4.39 Å². The van der Waals surface area contributed by atoms with Crippen LogP contribution in [0, 0.1) is 18.7 Å². The van der Waals surface area contributed by atoms with Crippen molar-refractivity contribution in [2.45, 2.75) is 32.4 Å². The Morgan fingerprint density at radius 1 is 1.13 bits per heavy atom. The fourth-order valence-electron chi connectivity index (χ4n) is 4.41. The van der Waals surface area contributed by atoms with Gasteiger partial charge in [-0.05, 0) is 62.1 Å². The summed E-state index contributed by atoms with van der Waals surface area (Å²) >= 11 is 0. The van der Waals surface area contributed by atoms with E-state index in [1.54, 1.807) is 12.3 Å². The minimum Gasteiger partial charge on any atom is -0.343 e. The molecule has 160 valence electrons. The van der Waals surface area contributed by atoms with Gasteiger partial charge in [0, 0.05) is 30.4 Å². The monoisotopic (exact) mass is 417 g/mol. The summed E-state index contributed by atoms with van der Waals surface area (Å²) in [6.07, 6.45) is 3.76. The van der Waals surface area contributed by atoms with Gasteiger partial charge >= 0.3 is 0 Å². The van der Waals surface area contributed by atoms with Gasteiger partial charge in [-0.1, -0.05) is 42.5 Å². The number of hydrogen-bond donors (Lipinski definition) is 1. The second kappa shape index (κ2) is 9.84. The Bertz CT molecular complexity index is 1020. The molecule has 3 aromatic rings. The number of aromatic nitrogens is 1. The van der Waals surface area contributed by atoms with E-state index in [0.29, 0.717) is 17.7 Å². The summed E-state index contributed by atoms with van der Waals surface area (Å²) in [5.41, 5.74) is 3.20. The van der Waals surface area contributed by atoms with Crippen molar-refractivity contribution in [3.8, 4) is 0 Å². The fourth-order valence-corrected chi connectivity index (χ4v) is 4.41. The molecule has 31 heavy (non-hydrogen) atoms. The lowest BCUT2D eigenvalue weighted by Gasteiger charge is -2.37. The second-order valence-electron chi connectivity index (χ2n) is 8.25. The molecule has 0 radical (unpaired) electrons. The molecule has 4 rings (SSSR count). The van der Waals surface area contributed by atoms with Crippen LogP contribution in [0.5, 0.6) is 0 Å². The van der Waals surface area contributed by atoms with Crippen LogP contribution in [-0.2, 0) is 6.54 Å². The lowest BCUT2D eigenvalue weighted by Crippen LogP contribution is -2.43. The summed E-state index contributed by atoms with van der Waals surface area (Å²) in [6, 6.07) is 20.2. The molecule has 1 aliphatic heterocycles. The van der Waals surface area contributed by atoms with Gasteiger partial charge in [0.05, 0.1) is 11.7 Å². The SMILES string of the molecule is Cc1ccccc1C(=O)NC(c1ccccn1)C1CCCN(Cc2ccccc2F)C1. The van der Waals surface area contributed by atoms with Crippen LogP contribution in [0.4, 0.5) is 4.39 Å². The van der Waals surface area contributed by atoms with Crippen LogP contribution < -0.4 is 5.32 Å². The average Bonchev–Trinajstić information content (AvgIpc) is 2.80. The Balaban J connectivity index is 1.54. The summed E-state index contributed by atoms with van der Waals surface area (Å²) in [5.74, 6) is -0.0536. The minimum absolute atomic E-state index is 0.0834. The number of nitrogens with zero attached hydrogens (tertiary/aromatic N) is 2. The molecule has 1 aliphatic rings. The number of rotatable bonds is 6. The lowest BCUT2D eigenvalue weighted by molar-refractivity contribution is 0.0873. The molecule has 0 saturated carbocycles. The van der Waals surface area contributed by atoms with Gasteiger partial charge in [-0.3, -0.25) is 14.7 Å². The molecular weight excluding hydrogens is 389 g/mol. The standard InChI is InChI=1S/C26H28FN3O/c1-19-9-2-4-12-22(19)26(31)29-25(24-14-6-7-15-28-24)21-11-8-16-30(18-21)17-20-10-3-5-13-23(20)27/h2-7,9-10,12-15,21,25H,8,11,16-18H2,1H3,(H,29,31). The normalized spacial score (nSPS) is 17.8. The third kappa shape index (κ3) is 5.17. The molecule has 4 nitrogen and oxygen atoms in total. The van der Waals surface area contributed by atoms with E-state index in [9.17, 15) is 9.18 Å². The van der Waals surface area contributed by atoms with Gasteiger partial charge < -0.3 is 5.32 Å². The van der Waals surface area contributed by atoms with Crippen LogP contribution in [0.1, 0.15) is 46.1 Å². The number of amides is 1. The van der Waals surface area contributed by atoms with Crippen LogP contribution in [0.25, 0.3) is 0 Å². The zero-order valence-electron chi connectivity index (χ0n) is 17.8. The number of piperidine rings is 1. The predicted molar refractivity (Wildman–Crippen MR) is 120 cm³/mol. The first-order chi connectivity index (χ1) is 15.1. The molecule has 1 aromatic heterocycles. The molecule has 0 aliphatic carbocycles. The van der Waals surface area contributed by atoms with E-state index in [4.69, 9.17) is 0 Å². The summed E-state index contributed by atoms with van der Waals surface area (Å²) in [6.45, 7) is 4.22. The highest BCUT2D eigenvalue weighted by Crippen LogP contribution is 2.30. The largest absolute Gasteiger partial charge is 0.343 e. The zero-order valence-corrected chi connectivity index (χ0v) is 17.8. The maximum atomic E-state index is 14.2. The van der Waals surface area contributed by atoms with Crippen molar-refractivity contribution in [3.63, 3.8) is 0 Å². The predicted octanol–water partition coefficient (Wildman–Crippen LogP) is 4.91. The van der Waals surface area contributed by atoms with E-state index >= 15 is 0 Å². The summed E-state index contributed by atoms with van der Waals surface area (Å²) in [4.78, 5) is 19.9. The number of hydrogen-bond acceptors (Lipinski definition) is 3. The molecule has 2 unspecified atom stereocenters. The molecule has 1 N–H and O–H groups in total. The number of halogens is 1. The number of aryl methyl sites for hydroxylation is 1. The second-order valence-corrected chi connectivity index (χ2v) is 8.25. The Labute approximate surface area is 183 Å². The third-order valence-electron chi connectivity index (χ3n) is 6.05. The van der Waals surface area contributed by atoms with E-state index in [-0.39, 0.29) is 23.7 Å². The van der Waals surface area contributed by atoms with Crippen molar-refractivity contribution < 1.29 is 9.18 Å². The number of carbonyl (C=O) groups excluding carboxylic acids is 1. The minimum atomic E-state index is -0.197. The van der Waals surface area contributed by atoms with Crippen molar-refractivity contribution in [2.75, 3.05) is 13.1 Å². The van der Waals surface area contributed by atoms with Crippen molar-refractivity contribution in [1.29, 1.82) is 0 Å². The van der Waals surface area contributed by atoms with Crippen molar-refractivity contribution in [3.05, 3.63) is 101 Å². The van der Waals surface area contributed by atoms with E-state index in [1.165, 1.54) is 6.07 Å². The van der Waals surface area contributed by atoms with Gasteiger partial charge in [0.25, 0.3) is 5.91 Å². The maximum Gasteiger partial charge on any atom is 0.252 e. The Morgan fingerprint density at radius 2 is 1.90 bits per heavy atom. The third-order valence-corrected chi connectivity index (χ3v) is 6.05. The van der Waals surface area contributed by atoms with E-state index in [1.807, 2.05) is 61.5 Å². The molecular formula is C26H28FN3O. The molecule has 2 atom stereocenters. The van der Waals surface area contributed by atoms with Gasteiger partial charge in [-0.2, -0.15) is 0 Å². The van der Waals surface area contributed by atoms with Crippen LogP contribution in [-0.4, -0.2) is 28.9 Å². The van der Waals surface area contributed by atoms with E-state index < -0.39 is 0 Å². The fraction of sp³-hybridized carbons (Fsp3) is 0.308. The summed E-state index contributed by atoms with van der Waals surface area (Å²) in [5, 5.41) is 3.25. The molecule has 1 saturated heterocycles. The molecule has 5 heteroatoms. The van der Waals surface area contributed by atoms with Crippen LogP contribution in [0.3, 0.4) is 0 Å². The number of likely N-dealkylation sites (tertiary alicyclic amines) is 1. The smallest absolute Gasteiger partial charge is 0.252 e. The molecule has 0 spiro atoms. The van der Waals surface area contributed by atoms with Crippen molar-refractivity contribution in [2.24, 2.45) is 5.92 Å². The van der Waals surface area contributed by atoms with Crippen LogP contribution in [0.15, 0.2) is 72.9 Å². The molecule has 1 fully saturated rings. The first-order valence-electron chi connectivity index (χ1n) is 10.8. The zero-order chi connectivity index (χ0) is 21.6. The Hall–Kier alpha value is -3.05. The molecule has 0 bridgehead atoms. The molecule has 2 aromatic carbocycles. The number of benzene rings is 2. The first-order valence-corrected chi connectivity index (χ1v) is 10.8. The average molecular weight is 418 g/mol. The Morgan fingerprint density at radius 3 is 2.68 bits per heavy atom. The topological polar surface area (TPSA) is 45.2 Å². The lowest BCUT2D eigenvalue weighted by atomic mass is 9.88. The maximum absolute atomic E-state index is 14.2. The molecule has 2 heterocycles. The van der Waals surface area contributed by atoms with E-state index in [0.717, 1.165) is 37.2 Å². The van der Waals surface area contributed by atoms with Crippen molar-refractivity contribution >= 4 is 5.91 Å². The van der Waals surface area contributed by atoms with Gasteiger partial charge in [0.15, 0.2) is 0 Å². The Kier molecular flexibility index (Phi) is 6.73.